The molecule has 1 saturated heterocycles. The minimum absolute atomic E-state index is 0.154. The second-order valence-electron chi connectivity index (χ2n) is 7.63. The Hall–Kier alpha value is -2.33. The summed E-state index contributed by atoms with van der Waals surface area (Å²) in [5.74, 6) is 0. The van der Waals surface area contributed by atoms with E-state index in [1.807, 2.05) is 13.0 Å². The highest BCUT2D eigenvalue weighted by Gasteiger charge is 2.44. The minimum Gasteiger partial charge on any atom is -0.394 e. The van der Waals surface area contributed by atoms with Gasteiger partial charge in [0.05, 0.1) is 12.9 Å². The van der Waals surface area contributed by atoms with Gasteiger partial charge in [-0.05, 0) is 33.6 Å². The van der Waals surface area contributed by atoms with Crippen LogP contribution >= 0.6 is 0 Å². The molecule has 9 heteroatoms. The Bertz CT molecular complexity index is 973. The van der Waals surface area contributed by atoms with Gasteiger partial charge in [0, 0.05) is 6.54 Å². The maximum Gasteiger partial charge on any atom is 0.281 e. The number of imidazole rings is 1. The standard InChI is InChI=1S/C20H28N4O5/c1-12(2)5-4-6-13(3)7-8-23-10-22-18-15(19(23)28)21-11-24(18)20-17(27)16(26)14(9-25)29-20/h5,7,10-11,14,16-17,20,25-27H,4,6,8-9H2,1-3H3/b13-7-/t14-,16+,17+,20+/m0/s1. The zero-order valence-corrected chi connectivity index (χ0v) is 16.9. The molecule has 0 aliphatic carbocycles. The fourth-order valence-electron chi connectivity index (χ4n) is 3.32. The predicted octanol–water partition coefficient (Wildman–Crippen LogP) is 0.897. The highest BCUT2D eigenvalue weighted by Crippen LogP contribution is 2.30. The first-order chi connectivity index (χ1) is 13.8. The molecule has 0 spiro atoms. The average Bonchev–Trinajstić information content (AvgIpc) is 3.23. The molecule has 0 unspecified atom stereocenters. The molecule has 9 nitrogen and oxygen atoms in total. The van der Waals surface area contributed by atoms with Crippen LogP contribution in [-0.4, -0.2) is 59.3 Å². The first kappa shape index (κ1) is 21.4. The molecule has 0 radical (unpaired) electrons. The molecule has 3 N–H and O–H groups in total. The molecule has 1 aliphatic rings. The fourth-order valence-corrected chi connectivity index (χ4v) is 3.32. The molecule has 3 rings (SSSR count). The van der Waals surface area contributed by atoms with Crippen LogP contribution in [0.4, 0.5) is 0 Å². The van der Waals surface area contributed by atoms with Crippen LogP contribution in [0.15, 0.2) is 40.7 Å². The SMILES string of the molecule is CC(C)=CCC/C(C)=C\Cn1cnc2c(ncn2[C@@H]2O[C@@H](CO)[C@@H](O)[C@H]2O)c1=O. The topological polar surface area (TPSA) is 123 Å². The first-order valence-electron chi connectivity index (χ1n) is 9.67. The lowest BCUT2D eigenvalue weighted by molar-refractivity contribution is -0.0511. The van der Waals surface area contributed by atoms with E-state index < -0.39 is 31.1 Å². The van der Waals surface area contributed by atoms with Crippen LogP contribution in [0, 0.1) is 0 Å². The summed E-state index contributed by atoms with van der Waals surface area (Å²) in [4.78, 5) is 21.2. The molecule has 2 aromatic heterocycles. The van der Waals surface area contributed by atoms with Crippen molar-refractivity contribution >= 4 is 11.2 Å². The van der Waals surface area contributed by atoms with Gasteiger partial charge in [-0.15, -0.1) is 0 Å². The molecule has 4 atom stereocenters. The van der Waals surface area contributed by atoms with Gasteiger partial charge >= 0.3 is 0 Å². The Kier molecular flexibility index (Phi) is 6.63. The van der Waals surface area contributed by atoms with Crippen LogP contribution in [0.1, 0.15) is 39.8 Å². The lowest BCUT2D eigenvalue weighted by atomic mass is 10.1. The molecule has 1 aliphatic heterocycles. The number of aliphatic hydroxyl groups excluding tert-OH is 3. The summed E-state index contributed by atoms with van der Waals surface area (Å²) in [6, 6.07) is 0. The van der Waals surface area contributed by atoms with E-state index in [1.54, 1.807) is 0 Å². The van der Waals surface area contributed by atoms with E-state index in [0.29, 0.717) is 6.54 Å². The molecule has 158 valence electrons. The lowest BCUT2D eigenvalue weighted by Crippen LogP contribution is -2.33. The van der Waals surface area contributed by atoms with E-state index in [2.05, 4.69) is 29.9 Å². The van der Waals surface area contributed by atoms with Gasteiger partial charge < -0.3 is 20.1 Å². The van der Waals surface area contributed by atoms with Gasteiger partial charge in [0.2, 0.25) is 0 Å². The predicted molar refractivity (Wildman–Crippen MR) is 107 cm³/mol. The third-order valence-electron chi connectivity index (χ3n) is 5.07. The summed E-state index contributed by atoms with van der Waals surface area (Å²) in [5.41, 5.74) is 2.58. The lowest BCUT2D eigenvalue weighted by Gasteiger charge is -2.16. The van der Waals surface area contributed by atoms with Crippen molar-refractivity contribution < 1.29 is 20.1 Å². The van der Waals surface area contributed by atoms with Gasteiger partial charge in [-0.2, -0.15) is 0 Å². The van der Waals surface area contributed by atoms with Gasteiger partial charge in [0.1, 0.15) is 24.6 Å². The molecule has 29 heavy (non-hydrogen) atoms. The number of allylic oxidation sites excluding steroid dienone is 4. The second kappa shape index (κ2) is 9.00. The highest BCUT2D eigenvalue weighted by molar-refractivity contribution is 5.69. The van der Waals surface area contributed by atoms with Crippen LogP contribution in [0.3, 0.4) is 0 Å². The molecule has 0 amide bonds. The highest BCUT2D eigenvalue weighted by atomic mass is 16.6. The third kappa shape index (κ3) is 4.48. The Morgan fingerprint density at radius 2 is 1.93 bits per heavy atom. The molecule has 0 bridgehead atoms. The minimum atomic E-state index is -1.26. The quantitative estimate of drug-likeness (QED) is 0.586. The summed E-state index contributed by atoms with van der Waals surface area (Å²) < 4.78 is 8.38. The Morgan fingerprint density at radius 3 is 2.59 bits per heavy atom. The van der Waals surface area contributed by atoms with Crippen molar-refractivity contribution in [1.82, 2.24) is 19.1 Å². The van der Waals surface area contributed by atoms with Gasteiger partial charge in [-0.1, -0.05) is 23.3 Å². The number of aliphatic hydroxyl groups is 3. The Labute approximate surface area is 168 Å². The number of hydrogen-bond donors (Lipinski definition) is 3. The monoisotopic (exact) mass is 404 g/mol. The van der Waals surface area contributed by atoms with Crippen LogP contribution in [0.5, 0.6) is 0 Å². The normalized spacial score (nSPS) is 25.0. The first-order valence-corrected chi connectivity index (χ1v) is 9.67. The number of ether oxygens (including phenoxy) is 1. The Morgan fingerprint density at radius 1 is 1.17 bits per heavy atom. The van der Waals surface area contributed by atoms with Crippen molar-refractivity contribution in [2.75, 3.05) is 6.61 Å². The van der Waals surface area contributed by atoms with Gasteiger partial charge in [0.15, 0.2) is 17.4 Å². The molecular formula is C20H28N4O5. The van der Waals surface area contributed by atoms with Crippen LogP contribution in [0.25, 0.3) is 11.2 Å². The fraction of sp³-hybridized carbons (Fsp3) is 0.550. The van der Waals surface area contributed by atoms with Crippen molar-refractivity contribution in [3.63, 3.8) is 0 Å². The molecule has 3 heterocycles. The van der Waals surface area contributed by atoms with Gasteiger partial charge in [0.25, 0.3) is 5.56 Å². The van der Waals surface area contributed by atoms with Crippen molar-refractivity contribution in [1.29, 1.82) is 0 Å². The summed E-state index contributed by atoms with van der Waals surface area (Å²) >= 11 is 0. The second-order valence-corrected chi connectivity index (χ2v) is 7.63. The van der Waals surface area contributed by atoms with Crippen molar-refractivity contribution in [3.8, 4) is 0 Å². The van der Waals surface area contributed by atoms with E-state index in [0.717, 1.165) is 12.8 Å². The van der Waals surface area contributed by atoms with E-state index in [-0.39, 0.29) is 16.7 Å². The summed E-state index contributed by atoms with van der Waals surface area (Å²) in [5, 5.41) is 29.4. The molecule has 2 aromatic rings. The van der Waals surface area contributed by atoms with E-state index in [9.17, 15) is 20.1 Å². The van der Waals surface area contributed by atoms with E-state index >= 15 is 0 Å². The summed E-state index contributed by atoms with van der Waals surface area (Å²) in [6.45, 7) is 6.13. The van der Waals surface area contributed by atoms with Crippen LogP contribution in [-0.2, 0) is 11.3 Å². The average molecular weight is 404 g/mol. The smallest absolute Gasteiger partial charge is 0.281 e. The number of aromatic nitrogens is 4. The van der Waals surface area contributed by atoms with Crippen LogP contribution in [0.2, 0.25) is 0 Å². The maximum absolute atomic E-state index is 12.8. The van der Waals surface area contributed by atoms with Gasteiger partial charge in [-0.25, -0.2) is 9.97 Å². The van der Waals surface area contributed by atoms with Crippen molar-refractivity contribution in [2.45, 2.75) is 64.7 Å². The van der Waals surface area contributed by atoms with Crippen molar-refractivity contribution in [3.05, 3.63) is 46.3 Å². The largest absolute Gasteiger partial charge is 0.394 e. The number of nitrogens with zero attached hydrogens (tertiary/aromatic N) is 4. The third-order valence-corrected chi connectivity index (χ3v) is 5.07. The summed E-state index contributed by atoms with van der Waals surface area (Å²) in [7, 11) is 0. The molecule has 1 fully saturated rings. The molecule has 0 saturated carbocycles. The maximum atomic E-state index is 12.8. The molecular weight excluding hydrogens is 376 g/mol. The Balaban J connectivity index is 1.80. The van der Waals surface area contributed by atoms with Crippen molar-refractivity contribution in [2.24, 2.45) is 0 Å². The summed E-state index contributed by atoms with van der Waals surface area (Å²) in [6.07, 6.45) is 4.47. The zero-order valence-electron chi connectivity index (χ0n) is 16.9. The number of hydrogen-bond acceptors (Lipinski definition) is 7. The molecule has 0 aromatic carbocycles. The van der Waals surface area contributed by atoms with Gasteiger partial charge in [-0.3, -0.25) is 13.9 Å². The zero-order chi connectivity index (χ0) is 21.1. The van der Waals surface area contributed by atoms with Crippen LogP contribution < -0.4 is 5.56 Å². The van der Waals surface area contributed by atoms with E-state index in [4.69, 9.17) is 4.74 Å². The number of rotatable bonds is 7. The number of fused-ring (bicyclic) bond motifs is 1. The van der Waals surface area contributed by atoms with E-state index in [1.165, 1.54) is 32.9 Å².